The number of carboxylic acids is 1. The van der Waals surface area contributed by atoms with Crippen molar-refractivity contribution < 1.29 is 9.90 Å². The highest BCUT2D eigenvalue weighted by molar-refractivity contribution is 5.95. The van der Waals surface area contributed by atoms with Gasteiger partial charge in [-0.05, 0) is 51.5 Å². The molecule has 1 N–H and O–H groups in total. The van der Waals surface area contributed by atoms with Crippen molar-refractivity contribution in [1.82, 2.24) is 4.90 Å². The maximum atomic E-state index is 11.4. The molecule has 118 valence electrons. The molecule has 0 unspecified atom stereocenters. The van der Waals surface area contributed by atoms with E-state index in [1.54, 1.807) is 6.07 Å². The summed E-state index contributed by atoms with van der Waals surface area (Å²) in [7, 11) is 0. The van der Waals surface area contributed by atoms with Crippen LogP contribution in [0.4, 0.5) is 5.69 Å². The minimum absolute atomic E-state index is 0.402. The molecule has 0 saturated heterocycles. The largest absolute Gasteiger partial charge is 0.478 e. The van der Waals surface area contributed by atoms with Crippen molar-refractivity contribution in [2.24, 2.45) is 0 Å². The Morgan fingerprint density at radius 1 is 1.10 bits per heavy atom. The number of benzene rings is 1. The van der Waals surface area contributed by atoms with Crippen LogP contribution in [0.5, 0.6) is 0 Å². The molecule has 0 heterocycles. The fourth-order valence-electron chi connectivity index (χ4n) is 2.70. The highest BCUT2D eigenvalue weighted by Crippen LogP contribution is 2.25. The lowest BCUT2D eigenvalue weighted by molar-refractivity contribution is 0.0697. The molecule has 0 bridgehead atoms. The van der Waals surface area contributed by atoms with E-state index in [-0.39, 0.29) is 0 Å². The quantitative estimate of drug-likeness (QED) is 0.759. The summed E-state index contributed by atoms with van der Waals surface area (Å²) in [6.07, 6.45) is 1.04. The van der Waals surface area contributed by atoms with Gasteiger partial charge in [0.15, 0.2) is 0 Å². The Morgan fingerprint density at radius 2 is 1.76 bits per heavy atom. The first kappa shape index (κ1) is 17.5. The molecule has 1 rings (SSSR count). The normalized spacial score (nSPS) is 10.9. The van der Waals surface area contributed by atoms with Crippen LogP contribution in [0, 0.1) is 6.92 Å². The maximum absolute atomic E-state index is 11.4. The molecule has 0 radical (unpaired) electrons. The molecule has 4 nitrogen and oxygen atoms in total. The molecule has 1 aromatic carbocycles. The van der Waals surface area contributed by atoms with Crippen LogP contribution < -0.4 is 4.90 Å². The number of para-hydroxylation sites is 1. The van der Waals surface area contributed by atoms with Gasteiger partial charge in [0.25, 0.3) is 0 Å². The van der Waals surface area contributed by atoms with Gasteiger partial charge in [0.2, 0.25) is 0 Å². The predicted molar refractivity (Wildman–Crippen MR) is 88.4 cm³/mol. The Kier molecular flexibility index (Phi) is 7.23. The molecule has 0 aromatic heterocycles. The Hall–Kier alpha value is -1.55. The number of rotatable bonds is 9. The number of aromatic carboxylic acids is 1. The van der Waals surface area contributed by atoms with Gasteiger partial charge in [-0.2, -0.15) is 0 Å². The fraction of sp³-hybridized carbons (Fsp3) is 0.588. The SMILES string of the molecule is CCN(CC)CCCN(CC)c1c(C)cccc1C(=O)O. The first-order chi connectivity index (χ1) is 10.0. The Labute approximate surface area is 128 Å². The summed E-state index contributed by atoms with van der Waals surface area (Å²) in [5.41, 5.74) is 2.30. The average Bonchev–Trinajstić information content (AvgIpc) is 2.48. The van der Waals surface area contributed by atoms with Crippen molar-refractivity contribution in [3.8, 4) is 0 Å². The zero-order chi connectivity index (χ0) is 15.8. The molecular formula is C17H28N2O2. The third kappa shape index (κ3) is 4.74. The van der Waals surface area contributed by atoms with E-state index in [1.165, 1.54) is 0 Å². The van der Waals surface area contributed by atoms with Crippen LogP contribution in [0.15, 0.2) is 18.2 Å². The summed E-state index contributed by atoms with van der Waals surface area (Å²) >= 11 is 0. The van der Waals surface area contributed by atoms with E-state index in [0.717, 1.165) is 50.4 Å². The Bertz CT molecular complexity index is 456. The molecule has 0 saturated carbocycles. The summed E-state index contributed by atoms with van der Waals surface area (Å²) in [5, 5.41) is 9.39. The number of aryl methyl sites for hydroxylation is 1. The highest BCUT2D eigenvalue weighted by atomic mass is 16.4. The van der Waals surface area contributed by atoms with Crippen molar-refractivity contribution in [2.75, 3.05) is 37.6 Å². The van der Waals surface area contributed by atoms with Gasteiger partial charge in [-0.25, -0.2) is 4.79 Å². The van der Waals surface area contributed by atoms with Crippen LogP contribution in [0.1, 0.15) is 43.1 Å². The van der Waals surface area contributed by atoms with Crippen LogP contribution in [0.3, 0.4) is 0 Å². The highest BCUT2D eigenvalue weighted by Gasteiger charge is 2.17. The number of nitrogens with zero attached hydrogens (tertiary/aromatic N) is 2. The lowest BCUT2D eigenvalue weighted by Crippen LogP contribution is -2.31. The molecule has 0 aliphatic rings. The van der Waals surface area contributed by atoms with Crippen molar-refractivity contribution in [1.29, 1.82) is 0 Å². The zero-order valence-electron chi connectivity index (χ0n) is 13.7. The molecule has 0 amide bonds. The Morgan fingerprint density at radius 3 is 2.29 bits per heavy atom. The lowest BCUT2D eigenvalue weighted by atomic mass is 10.1. The number of carboxylic acid groups (broad SMARTS) is 1. The van der Waals surface area contributed by atoms with Gasteiger partial charge in [0.05, 0.1) is 11.3 Å². The maximum Gasteiger partial charge on any atom is 0.337 e. The smallest absolute Gasteiger partial charge is 0.337 e. The summed E-state index contributed by atoms with van der Waals surface area (Å²) in [4.78, 5) is 16.0. The Balaban J connectivity index is 2.83. The topological polar surface area (TPSA) is 43.8 Å². The van der Waals surface area contributed by atoms with E-state index < -0.39 is 5.97 Å². The van der Waals surface area contributed by atoms with Crippen LogP contribution in [0.2, 0.25) is 0 Å². The molecule has 0 spiro atoms. The van der Waals surface area contributed by atoms with E-state index in [2.05, 4.69) is 30.6 Å². The molecule has 0 aliphatic heterocycles. The first-order valence-electron chi connectivity index (χ1n) is 7.85. The van der Waals surface area contributed by atoms with Crippen LogP contribution in [-0.4, -0.2) is 48.7 Å². The van der Waals surface area contributed by atoms with E-state index in [9.17, 15) is 9.90 Å². The van der Waals surface area contributed by atoms with Gasteiger partial charge in [-0.3, -0.25) is 0 Å². The number of hydrogen-bond acceptors (Lipinski definition) is 3. The monoisotopic (exact) mass is 292 g/mol. The zero-order valence-corrected chi connectivity index (χ0v) is 13.7. The van der Waals surface area contributed by atoms with E-state index in [1.807, 2.05) is 19.1 Å². The summed E-state index contributed by atoms with van der Waals surface area (Å²) < 4.78 is 0. The summed E-state index contributed by atoms with van der Waals surface area (Å²) in [6, 6.07) is 5.48. The fourth-order valence-corrected chi connectivity index (χ4v) is 2.70. The van der Waals surface area contributed by atoms with Crippen molar-refractivity contribution in [3.63, 3.8) is 0 Å². The second-order valence-corrected chi connectivity index (χ2v) is 5.24. The molecule has 4 heteroatoms. The second-order valence-electron chi connectivity index (χ2n) is 5.24. The van der Waals surface area contributed by atoms with Crippen LogP contribution in [0.25, 0.3) is 0 Å². The number of carbonyl (C=O) groups is 1. The standard InChI is InChI=1S/C17H28N2O2/c1-5-18(6-2)12-9-13-19(7-3)16-14(4)10-8-11-15(16)17(20)21/h8,10-11H,5-7,9,12-13H2,1-4H3,(H,20,21). The minimum Gasteiger partial charge on any atom is -0.478 e. The van der Waals surface area contributed by atoms with E-state index in [0.29, 0.717) is 5.56 Å². The second kappa shape index (κ2) is 8.67. The minimum atomic E-state index is -0.851. The van der Waals surface area contributed by atoms with Gasteiger partial charge >= 0.3 is 5.97 Å². The first-order valence-corrected chi connectivity index (χ1v) is 7.85. The van der Waals surface area contributed by atoms with Gasteiger partial charge in [0.1, 0.15) is 0 Å². The van der Waals surface area contributed by atoms with Crippen LogP contribution in [-0.2, 0) is 0 Å². The van der Waals surface area contributed by atoms with E-state index in [4.69, 9.17) is 0 Å². The van der Waals surface area contributed by atoms with Crippen LogP contribution >= 0.6 is 0 Å². The predicted octanol–water partition coefficient (Wildman–Crippen LogP) is 3.25. The van der Waals surface area contributed by atoms with Crippen molar-refractivity contribution in [3.05, 3.63) is 29.3 Å². The van der Waals surface area contributed by atoms with Gasteiger partial charge in [-0.15, -0.1) is 0 Å². The molecule has 21 heavy (non-hydrogen) atoms. The average molecular weight is 292 g/mol. The van der Waals surface area contributed by atoms with Crippen molar-refractivity contribution in [2.45, 2.75) is 34.1 Å². The number of anilines is 1. The molecule has 1 aromatic rings. The van der Waals surface area contributed by atoms with Gasteiger partial charge < -0.3 is 14.9 Å². The van der Waals surface area contributed by atoms with E-state index >= 15 is 0 Å². The molecule has 0 aliphatic carbocycles. The summed E-state index contributed by atoms with van der Waals surface area (Å²) in [5.74, 6) is -0.851. The molecular weight excluding hydrogens is 264 g/mol. The third-order valence-corrected chi connectivity index (χ3v) is 3.96. The lowest BCUT2D eigenvalue weighted by Gasteiger charge is -2.28. The molecule has 0 fully saturated rings. The third-order valence-electron chi connectivity index (χ3n) is 3.96. The molecule has 0 atom stereocenters. The van der Waals surface area contributed by atoms with Crippen molar-refractivity contribution >= 4 is 11.7 Å². The summed E-state index contributed by atoms with van der Waals surface area (Å²) in [6.45, 7) is 13.3. The number of hydrogen-bond donors (Lipinski definition) is 1. The van der Waals surface area contributed by atoms with Gasteiger partial charge in [0, 0.05) is 13.1 Å². The van der Waals surface area contributed by atoms with Gasteiger partial charge in [-0.1, -0.05) is 26.0 Å².